The monoisotopic (exact) mass is 258 g/mol. The molecule has 0 spiro atoms. The lowest BCUT2D eigenvalue weighted by Gasteiger charge is -2.18. The van der Waals surface area contributed by atoms with Crippen molar-refractivity contribution in [3.8, 4) is 0 Å². The van der Waals surface area contributed by atoms with Gasteiger partial charge in [0.2, 0.25) is 11.8 Å². The number of hydrogen-bond acceptors (Lipinski definition) is 4. The van der Waals surface area contributed by atoms with Gasteiger partial charge in [0.25, 0.3) is 0 Å². The molecule has 5 nitrogen and oxygen atoms in total. The molecule has 1 aliphatic carbocycles. The Morgan fingerprint density at radius 3 is 2.71 bits per heavy atom. The van der Waals surface area contributed by atoms with Crippen LogP contribution in [0.2, 0.25) is 0 Å². The van der Waals surface area contributed by atoms with Gasteiger partial charge in [0.1, 0.15) is 11.8 Å². The second-order valence-corrected chi connectivity index (χ2v) is 5.02. The highest BCUT2D eigenvalue weighted by molar-refractivity contribution is 7.98. The van der Waals surface area contributed by atoms with Crippen LogP contribution >= 0.6 is 11.8 Å². The fraction of sp³-hybridized carbons (Fsp3) is 0.727. The van der Waals surface area contributed by atoms with Gasteiger partial charge in [-0.1, -0.05) is 0 Å². The van der Waals surface area contributed by atoms with Crippen LogP contribution in [0.1, 0.15) is 19.3 Å². The molecule has 2 amide bonds. The Morgan fingerprint density at radius 1 is 1.53 bits per heavy atom. The summed E-state index contributed by atoms with van der Waals surface area (Å²) in [4.78, 5) is 34.5. The summed E-state index contributed by atoms with van der Waals surface area (Å²) in [6.07, 6.45) is 3.27. The van der Waals surface area contributed by atoms with E-state index in [0.29, 0.717) is 25.0 Å². The molecule has 0 saturated heterocycles. The summed E-state index contributed by atoms with van der Waals surface area (Å²) in [5, 5.41) is 5.23. The highest BCUT2D eigenvalue weighted by Gasteiger charge is 2.30. The molecule has 0 aromatic heterocycles. The topological polar surface area (TPSA) is 75.3 Å². The average molecular weight is 258 g/mol. The minimum Gasteiger partial charge on any atom is -0.357 e. The highest BCUT2D eigenvalue weighted by Crippen LogP contribution is 2.22. The van der Waals surface area contributed by atoms with Gasteiger partial charge in [-0.25, -0.2) is 0 Å². The molecule has 0 aromatic rings. The van der Waals surface area contributed by atoms with Crippen LogP contribution in [-0.4, -0.2) is 42.7 Å². The number of likely N-dealkylation sites (N-methyl/N-ethyl adjacent to an activating group) is 1. The van der Waals surface area contributed by atoms with Gasteiger partial charge in [-0.05, 0) is 12.7 Å². The van der Waals surface area contributed by atoms with Crippen molar-refractivity contribution in [1.82, 2.24) is 10.6 Å². The number of hydrogen-bond donors (Lipinski definition) is 2. The van der Waals surface area contributed by atoms with Gasteiger partial charge in [-0.2, -0.15) is 11.8 Å². The first-order valence-electron chi connectivity index (χ1n) is 5.61. The Balaban J connectivity index is 2.51. The zero-order chi connectivity index (χ0) is 12.8. The van der Waals surface area contributed by atoms with E-state index >= 15 is 0 Å². The minimum atomic E-state index is -0.516. The zero-order valence-electron chi connectivity index (χ0n) is 10.1. The molecule has 1 saturated carbocycles. The smallest absolute Gasteiger partial charge is 0.243 e. The Hall–Kier alpha value is -1.04. The fourth-order valence-electron chi connectivity index (χ4n) is 1.85. The quantitative estimate of drug-likeness (QED) is 0.725. The van der Waals surface area contributed by atoms with Crippen molar-refractivity contribution < 1.29 is 14.4 Å². The zero-order valence-corrected chi connectivity index (χ0v) is 10.9. The van der Waals surface area contributed by atoms with Gasteiger partial charge in [0.15, 0.2) is 0 Å². The third kappa shape index (κ3) is 4.03. The predicted octanol–water partition coefficient (Wildman–Crippen LogP) is -0.0506. The number of nitrogens with one attached hydrogen (secondary N) is 2. The summed E-state index contributed by atoms with van der Waals surface area (Å²) >= 11 is 1.50. The van der Waals surface area contributed by atoms with E-state index in [-0.39, 0.29) is 23.5 Å². The Morgan fingerprint density at radius 2 is 2.24 bits per heavy atom. The number of thioether (sulfide) groups is 1. The lowest BCUT2D eigenvalue weighted by molar-refractivity contribution is -0.130. The van der Waals surface area contributed by atoms with Crippen LogP contribution in [-0.2, 0) is 14.4 Å². The van der Waals surface area contributed by atoms with Crippen LogP contribution in [0.5, 0.6) is 0 Å². The van der Waals surface area contributed by atoms with Crippen LogP contribution in [0, 0.1) is 5.92 Å². The number of carbonyl (C=O) groups excluding carboxylic acids is 3. The number of rotatable bonds is 5. The molecule has 2 N–H and O–H groups in total. The number of ketones is 1. The second-order valence-electron chi connectivity index (χ2n) is 4.11. The van der Waals surface area contributed by atoms with E-state index in [1.54, 1.807) is 7.05 Å². The van der Waals surface area contributed by atoms with Crippen molar-refractivity contribution in [1.29, 1.82) is 0 Å². The van der Waals surface area contributed by atoms with E-state index in [4.69, 9.17) is 0 Å². The molecular weight excluding hydrogens is 240 g/mol. The van der Waals surface area contributed by atoms with Gasteiger partial charge in [0.05, 0.1) is 0 Å². The summed E-state index contributed by atoms with van der Waals surface area (Å²) in [6.45, 7) is 0. The van der Waals surface area contributed by atoms with E-state index in [1.807, 2.05) is 6.26 Å². The van der Waals surface area contributed by atoms with E-state index in [9.17, 15) is 14.4 Å². The van der Waals surface area contributed by atoms with E-state index < -0.39 is 6.04 Å². The van der Waals surface area contributed by atoms with Crippen molar-refractivity contribution in [2.24, 2.45) is 5.92 Å². The number of Topliss-reactive ketones (excluding diaryl/α,β-unsaturated/α-hetero) is 1. The predicted molar refractivity (Wildman–Crippen MR) is 66.7 cm³/mol. The first-order valence-corrected chi connectivity index (χ1v) is 7.00. The molecule has 2 atom stereocenters. The van der Waals surface area contributed by atoms with Crippen LogP contribution in [0.25, 0.3) is 0 Å². The minimum absolute atomic E-state index is 0.131. The largest absolute Gasteiger partial charge is 0.357 e. The van der Waals surface area contributed by atoms with Crippen molar-refractivity contribution in [2.75, 3.05) is 19.1 Å². The maximum absolute atomic E-state index is 11.8. The highest BCUT2D eigenvalue weighted by atomic mass is 32.2. The molecule has 17 heavy (non-hydrogen) atoms. The van der Waals surface area contributed by atoms with E-state index in [2.05, 4.69) is 10.6 Å². The van der Waals surface area contributed by atoms with Gasteiger partial charge in [0, 0.05) is 31.6 Å². The molecule has 1 rings (SSSR count). The lowest BCUT2D eigenvalue weighted by Crippen LogP contribution is -2.48. The average Bonchev–Trinajstić information content (AvgIpc) is 2.74. The van der Waals surface area contributed by atoms with Crippen molar-refractivity contribution >= 4 is 29.4 Å². The molecular formula is C11H18N2O3S. The molecule has 2 unspecified atom stereocenters. The second kappa shape index (κ2) is 6.64. The van der Waals surface area contributed by atoms with Crippen LogP contribution in [0.3, 0.4) is 0 Å². The van der Waals surface area contributed by atoms with Gasteiger partial charge in [-0.15, -0.1) is 0 Å². The molecule has 0 radical (unpaired) electrons. The molecule has 96 valence electrons. The van der Waals surface area contributed by atoms with Crippen LogP contribution in [0.4, 0.5) is 0 Å². The SMILES string of the molecule is CNC(=O)C(CSC)NC(=O)C1CCC(=O)C1. The summed E-state index contributed by atoms with van der Waals surface area (Å²) in [7, 11) is 1.54. The first kappa shape index (κ1) is 14.0. The molecule has 0 bridgehead atoms. The maximum Gasteiger partial charge on any atom is 0.243 e. The van der Waals surface area contributed by atoms with Gasteiger partial charge in [-0.3, -0.25) is 14.4 Å². The van der Waals surface area contributed by atoms with Crippen LogP contribution in [0.15, 0.2) is 0 Å². The summed E-state index contributed by atoms with van der Waals surface area (Å²) in [6, 6.07) is -0.516. The summed E-state index contributed by atoms with van der Waals surface area (Å²) in [5.41, 5.74) is 0. The van der Waals surface area contributed by atoms with Gasteiger partial charge < -0.3 is 10.6 Å². The molecule has 6 heteroatoms. The Bertz CT molecular complexity index is 320. The van der Waals surface area contributed by atoms with Crippen molar-refractivity contribution in [3.05, 3.63) is 0 Å². The molecule has 0 heterocycles. The fourth-order valence-corrected chi connectivity index (χ4v) is 2.42. The standard InChI is InChI=1S/C11H18N2O3S/c1-12-11(16)9(6-17-2)13-10(15)7-3-4-8(14)5-7/h7,9H,3-6H2,1-2H3,(H,12,16)(H,13,15). The first-order chi connectivity index (χ1) is 8.08. The Kier molecular flexibility index (Phi) is 5.47. The van der Waals surface area contributed by atoms with Crippen LogP contribution < -0.4 is 10.6 Å². The molecule has 0 aromatic carbocycles. The van der Waals surface area contributed by atoms with Gasteiger partial charge >= 0.3 is 0 Å². The Labute approximate surface area is 105 Å². The third-order valence-electron chi connectivity index (χ3n) is 2.83. The number of carbonyl (C=O) groups is 3. The summed E-state index contributed by atoms with van der Waals surface area (Å²) in [5.74, 6) is 0.0325. The van der Waals surface area contributed by atoms with Crippen molar-refractivity contribution in [3.63, 3.8) is 0 Å². The summed E-state index contributed by atoms with van der Waals surface area (Å²) < 4.78 is 0. The van der Waals surface area contributed by atoms with E-state index in [0.717, 1.165) is 0 Å². The van der Waals surface area contributed by atoms with E-state index in [1.165, 1.54) is 11.8 Å². The molecule has 0 aliphatic heterocycles. The number of amides is 2. The third-order valence-corrected chi connectivity index (χ3v) is 3.50. The molecule has 1 aliphatic rings. The van der Waals surface area contributed by atoms with Crippen molar-refractivity contribution in [2.45, 2.75) is 25.3 Å². The maximum atomic E-state index is 11.8. The normalized spacial score (nSPS) is 21.1. The molecule has 1 fully saturated rings. The lowest BCUT2D eigenvalue weighted by atomic mass is 10.1.